The monoisotopic (exact) mass is 379 g/mol. The molecule has 144 valence electrons. The average molecular weight is 379 g/mol. The van der Waals surface area contributed by atoms with E-state index in [-0.39, 0.29) is 6.01 Å². The van der Waals surface area contributed by atoms with Gasteiger partial charge in [-0.2, -0.15) is 0 Å². The smallest absolute Gasteiger partial charge is 0.322 e. The highest BCUT2D eigenvalue weighted by Gasteiger charge is 2.34. The van der Waals surface area contributed by atoms with Crippen LogP contribution >= 0.6 is 0 Å². The van der Waals surface area contributed by atoms with Gasteiger partial charge in [-0.1, -0.05) is 41.0 Å². The molecule has 0 radical (unpaired) electrons. The lowest BCUT2D eigenvalue weighted by Crippen LogP contribution is -2.46. The van der Waals surface area contributed by atoms with Crippen molar-refractivity contribution in [2.45, 2.75) is 39.4 Å². The standard InChI is InChI=1S/C21H21N3O4/c1-12-8-9-15(13(2)10-12)11-18-23-24-21(28-18)22-20(25)19-14(3)26-16-6-4-5-7-17(16)27-19/h4-10,14,19H,11H2,1-3H3,(H,22,24,25). The number of aryl methyl sites for hydroxylation is 2. The number of benzene rings is 2. The van der Waals surface area contributed by atoms with Crippen LogP contribution in [0.15, 0.2) is 46.9 Å². The second kappa shape index (κ2) is 7.34. The second-order valence-electron chi connectivity index (χ2n) is 6.91. The van der Waals surface area contributed by atoms with Crippen LogP contribution in [0.2, 0.25) is 0 Å². The number of para-hydroxylation sites is 2. The van der Waals surface area contributed by atoms with Crippen molar-refractivity contribution in [3.8, 4) is 11.5 Å². The van der Waals surface area contributed by atoms with Gasteiger partial charge in [0.25, 0.3) is 5.91 Å². The van der Waals surface area contributed by atoms with Gasteiger partial charge in [-0.3, -0.25) is 10.1 Å². The summed E-state index contributed by atoms with van der Waals surface area (Å²) in [5.41, 5.74) is 3.45. The van der Waals surface area contributed by atoms with Gasteiger partial charge in [0.2, 0.25) is 12.0 Å². The number of aromatic nitrogens is 2. The molecule has 7 nitrogen and oxygen atoms in total. The number of hydrogen-bond acceptors (Lipinski definition) is 6. The van der Waals surface area contributed by atoms with Gasteiger partial charge in [-0.15, -0.1) is 5.10 Å². The third-order valence-electron chi connectivity index (χ3n) is 4.64. The molecular formula is C21H21N3O4. The van der Waals surface area contributed by atoms with Crippen LogP contribution in [0, 0.1) is 13.8 Å². The summed E-state index contributed by atoms with van der Waals surface area (Å²) in [6.45, 7) is 5.87. The van der Waals surface area contributed by atoms with E-state index in [1.807, 2.05) is 38.1 Å². The zero-order valence-electron chi connectivity index (χ0n) is 15.9. The lowest BCUT2D eigenvalue weighted by Gasteiger charge is -2.30. The first-order chi connectivity index (χ1) is 13.5. The number of anilines is 1. The highest BCUT2D eigenvalue weighted by atomic mass is 16.6. The summed E-state index contributed by atoms with van der Waals surface area (Å²) in [7, 11) is 0. The summed E-state index contributed by atoms with van der Waals surface area (Å²) >= 11 is 0. The van der Waals surface area contributed by atoms with Crippen LogP contribution < -0.4 is 14.8 Å². The Morgan fingerprint density at radius 2 is 1.82 bits per heavy atom. The second-order valence-corrected chi connectivity index (χ2v) is 6.91. The van der Waals surface area contributed by atoms with Gasteiger partial charge in [0.15, 0.2) is 11.5 Å². The predicted molar refractivity (Wildman–Crippen MR) is 103 cm³/mol. The molecule has 1 amide bonds. The topological polar surface area (TPSA) is 86.5 Å². The Kier molecular flexibility index (Phi) is 4.73. The molecule has 2 aromatic carbocycles. The first kappa shape index (κ1) is 18.0. The van der Waals surface area contributed by atoms with Gasteiger partial charge in [0.05, 0.1) is 6.42 Å². The molecule has 1 N–H and O–H groups in total. The molecule has 1 aliphatic rings. The number of hydrogen-bond donors (Lipinski definition) is 1. The van der Waals surface area contributed by atoms with Gasteiger partial charge >= 0.3 is 6.01 Å². The van der Waals surface area contributed by atoms with Crippen molar-refractivity contribution >= 4 is 11.9 Å². The molecule has 0 aliphatic carbocycles. The van der Waals surface area contributed by atoms with Crippen molar-refractivity contribution in [2.24, 2.45) is 0 Å². The van der Waals surface area contributed by atoms with Crippen molar-refractivity contribution < 1.29 is 18.7 Å². The number of rotatable bonds is 4. The highest BCUT2D eigenvalue weighted by Crippen LogP contribution is 2.33. The molecule has 1 aromatic heterocycles. The van der Waals surface area contributed by atoms with E-state index in [9.17, 15) is 4.79 Å². The van der Waals surface area contributed by atoms with Gasteiger partial charge in [0.1, 0.15) is 6.10 Å². The molecule has 0 fully saturated rings. The summed E-state index contributed by atoms with van der Waals surface area (Å²) < 4.78 is 17.1. The summed E-state index contributed by atoms with van der Waals surface area (Å²) in [5, 5.41) is 10.6. The van der Waals surface area contributed by atoms with Crippen molar-refractivity contribution in [1.29, 1.82) is 0 Å². The molecule has 4 rings (SSSR count). The van der Waals surface area contributed by atoms with Crippen molar-refractivity contribution in [3.63, 3.8) is 0 Å². The fourth-order valence-corrected chi connectivity index (χ4v) is 3.17. The molecule has 7 heteroatoms. The van der Waals surface area contributed by atoms with Gasteiger partial charge in [-0.25, -0.2) is 0 Å². The SMILES string of the molecule is Cc1ccc(Cc2nnc(NC(=O)C3Oc4ccccc4OC3C)o2)c(C)c1. The number of amides is 1. The minimum absolute atomic E-state index is 0.0411. The highest BCUT2D eigenvalue weighted by molar-refractivity contribution is 5.93. The van der Waals surface area contributed by atoms with E-state index in [0.29, 0.717) is 23.8 Å². The summed E-state index contributed by atoms with van der Waals surface area (Å²) in [4.78, 5) is 12.6. The van der Waals surface area contributed by atoms with Gasteiger partial charge < -0.3 is 13.9 Å². The Bertz CT molecular complexity index is 1010. The molecule has 0 bridgehead atoms. The van der Waals surface area contributed by atoms with Crippen LogP contribution in [0.25, 0.3) is 0 Å². The Hall–Kier alpha value is -3.35. The maximum atomic E-state index is 12.6. The number of nitrogens with zero attached hydrogens (tertiary/aromatic N) is 2. The first-order valence-corrected chi connectivity index (χ1v) is 9.11. The molecule has 2 atom stereocenters. The van der Waals surface area contributed by atoms with Crippen molar-refractivity contribution in [1.82, 2.24) is 10.2 Å². The molecule has 1 aliphatic heterocycles. The Balaban J connectivity index is 1.43. The van der Waals surface area contributed by atoms with E-state index in [4.69, 9.17) is 13.9 Å². The molecule has 2 heterocycles. The molecule has 3 aromatic rings. The van der Waals surface area contributed by atoms with Crippen molar-refractivity contribution in [3.05, 3.63) is 65.0 Å². The lowest BCUT2D eigenvalue weighted by molar-refractivity contribution is -0.128. The van der Waals surface area contributed by atoms with E-state index < -0.39 is 18.1 Å². The Morgan fingerprint density at radius 3 is 2.57 bits per heavy atom. The normalized spacial score (nSPS) is 18.0. The maximum Gasteiger partial charge on any atom is 0.322 e. The quantitative estimate of drug-likeness (QED) is 0.747. The Morgan fingerprint density at radius 1 is 1.07 bits per heavy atom. The molecule has 28 heavy (non-hydrogen) atoms. The van der Waals surface area contributed by atoms with Gasteiger partial charge in [0, 0.05) is 0 Å². The van der Waals surface area contributed by atoms with E-state index in [1.54, 1.807) is 19.1 Å². The van der Waals surface area contributed by atoms with E-state index >= 15 is 0 Å². The van der Waals surface area contributed by atoms with Crippen molar-refractivity contribution in [2.75, 3.05) is 5.32 Å². The molecule has 0 saturated carbocycles. The van der Waals surface area contributed by atoms with Gasteiger partial charge in [-0.05, 0) is 44.0 Å². The maximum absolute atomic E-state index is 12.6. The Labute approximate surface area is 162 Å². The van der Waals surface area contributed by atoms with Crippen LogP contribution in [0.3, 0.4) is 0 Å². The largest absolute Gasteiger partial charge is 0.482 e. The fourth-order valence-electron chi connectivity index (χ4n) is 3.17. The van der Waals surface area contributed by atoms with Crippen LogP contribution in [-0.4, -0.2) is 28.3 Å². The lowest BCUT2D eigenvalue weighted by atomic mass is 10.0. The predicted octanol–water partition coefficient (Wildman–Crippen LogP) is 3.44. The zero-order valence-corrected chi connectivity index (χ0v) is 15.9. The number of ether oxygens (including phenoxy) is 2. The molecule has 0 spiro atoms. The van der Waals surface area contributed by atoms with E-state index in [1.165, 1.54) is 5.56 Å². The molecule has 0 saturated heterocycles. The first-order valence-electron chi connectivity index (χ1n) is 9.11. The van der Waals surface area contributed by atoms with Crippen LogP contribution in [0.4, 0.5) is 6.01 Å². The zero-order chi connectivity index (χ0) is 19.7. The van der Waals surface area contributed by atoms with E-state index in [0.717, 1.165) is 11.1 Å². The molecular weight excluding hydrogens is 358 g/mol. The minimum Gasteiger partial charge on any atom is -0.482 e. The third kappa shape index (κ3) is 3.69. The fraction of sp³-hybridized carbons (Fsp3) is 0.286. The summed E-state index contributed by atoms with van der Waals surface area (Å²) in [6, 6.07) is 13.5. The summed E-state index contributed by atoms with van der Waals surface area (Å²) in [6.07, 6.45) is -0.765. The number of fused-ring (bicyclic) bond motifs is 1. The molecule has 2 unspecified atom stereocenters. The average Bonchev–Trinajstić information content (AvgIpc) is 3.10. The van der Waals surface area contributed by atoms with E-state index in [2.05, 4.69) is 21.6 Å². The van der Waals surface area contributed by atoms with Crippen LogP contribution in [0.5, 0.6) is 11.5 Å². The number of carbonyl (C=O) groups excluding carboxylic acids is 1. The number of nitrogens with one attached hydrogen (secondary N) is 1. The minimum atomic E-state index is -0.815. The number of carbonyl (C=O) groups is 1. The van der Waals surface area contributed by atoms with Crippen LogP contribution in [0.1, 0.15) is 29.5 Å². The third-order valence-corrected chi connectivity index (χ3v) is 4.64. The summed E-state index contributed by atoms with van der Waals surface area (Å²) in [5.74, 6) is 1.18. The van der Waals surface area contributed by atoms with Crippen LogP contribution in [-0.2, 0) is 11.2 Å².